The molecule has 0 spiro atoms. The van der Waals surface area contributed by atoms with E-state index in [-0.39, 0.29) is 0 Å². The molecule has 0 radical (unpaired) electrons. The third-order valence-corrected chi connectivity index (χ3v) is 3.82. The topological polar surface area (TPSA) is 21.3 Å². The molecule has 2 aromatic carbocycles. The molecule has 1 N–H and O–H groups in total. The monoisotopic (exact) mass is 241 g/mol. The van der Waals surface area contributed by atoms with Crippen molar-refractivity contribution >= 4 is 10.8 Å². The summed E-state index contributed by atoms with van der Waals surface area (Å²) in [6.45, 7) is 1.13. The Morgan fingerprint density at radius 3 is 2.61 bits per heavy atom. The predicted molar refractivity (Wildman–Crippen MR) is 75.1 cm³/mol. The molecule has 0 unspecified atom stereocenters. The van der Waals surface area contributed by atoms with Crippen molar-refractivity contribution in [3.05, 3.63) is 42.0 Å². The highest BCUT2D eigenvalue weighted by atomic mass is 16.5. The quantitative estimate of drug-likeness (QED) is 0.866. The number of hydrogen-bond donors (Lipinski definition) is 1. The minimum atomic E-state index is 0.495. The van der Waals surface area contributed by atoms with E-state index in [1.54, 1.807) is 7.11 Å². The van der Waals surface area contributed by atoms with Crippen LogP contribution in [0.2, 0.25) is 0 Å². The van der Waals surface area contributed by atoms with Crippen LogP contribution in [0.3, 0.4) is 0 Å². The van der Waals surface area contributed by atoms with Crippen LogP contribution >= 0.6 is 0 Å². The lowest BCUT2D eigenvalue weighted by Crippen LogP contribution is -2.26. The first-order chi connectivity index (χ1) is 8.90. The van der Waals surface area contributed by atoms with Crippen molar-refractivity contribution in [2.75, 3.05) is 13.7 Å². The van der Waals surface area contributed by atoms with Gasteiger partial charge in [-0.3, -0.25) is 0 Å². The van der Waals surface area contributed by atoms with Gasteiger partial charge in [0.1, 0.15) is 5.75 Å². The molecular weight excluding hydrogens is 222 g/mol. The van der Waals surface area contributed by atoms with E-state index >= 15 is 0 Å². The normalized spacial score (nSPS) is 19.9. The van der Waals surface area contributed by atoms with Crippen LogP contribution in [-0.2, 0) is 0 Å². The number of ether oxygens (including phenoxy) is 1. The van der Waals surface area contributed by atoms with E-state index in [0.717, 1.165) is 12.3 Å². The summed E-state index contributed by atoms with van der Waals surface area (Å²) < 4.78 is 5.45. The van der Waals surface area contributed by atoms with Gasteiger partial charge < -0.3 is 10.1 Å². The molecule has 1 fully saturated rings. The van der Waals surface area contributed by atoms with E-state index in [0.29, 0.717) is 6.04 Å². The third-order valence-electron chi connectivity index (χ3n) is 3.82. The lowest BCUT2D eigenvalue weighted by atomic mass is 9.93. The first-order valence-electron chi connectivity index (χ1n) is 6.69. The highest BCUT2D eigenvalue weighted by Gasteiger charge is 2.17. The van der Waals surface area contributed by atoms with E-state index in [4.69, 9.17) is 4.74 Å². The van der Waals surface area contributed by atoms with E-state index < -0.39 is 0 Å². The van der Waals surface area contributed by atoms with E-state index in [1.165, 1.54) is 35.6 Å². The predicted octanol–water partition coefficient (Wildman–Crippen LogP) is 3.66. The fourth-order valence-corrected chi connectivity index (χ4v) is 2.89. The van der Waals surface area contributed by atoms with Gasteiger partial charge in [-0.05, 0) is 36.4 Å². The molecule has 0 saturated carbocycles. The second-order valence-corrected chi connectivity index (χ2v) is 4.91. The molecule has 94 valence electrons. The molecule has 2 nitrogen and oxygen atoms in total. The van der Waals surface area contributed by atoms with Crippen molar-refractivity contribution < 1.29 is 4.74 Å². The maximum atomic E-state index is 5.45. The Morgan fingerprint density at radius 1 is 1.06 bits per heavy atom. The number of piperidine rings is 1. The first-order valence-corrected chi connectivity index (χ1v) is 6.69. The van der Waals surface area contributed by atoms with Crippen LogP contribution < -0.4 is 10.1 Å². The molecule has 3 rings (SSSR count). The minimum absolute atomic E-state index is 0.495. The fourth-order valence-electron chi connectivity index (χ4n) is 2.89. The Labute approximate surface area is 108 Å². The second kappa shape index (κ2) is 4.99. The highest BCUT2D eigenvalue weighted by molar-refractivity contribution is 5.91. The summed E-state index contributed by atoms with van der Waals surface area (Å²) >= 11 is 0. The van der Waals surface area contributed by atoms with E-state index in [2.05, 4.69) is 41.7 Å². The molecule has 2 heteroatoms. The maximum absolute atomic E-state index is 5.45. The Hall–Kier alpha value is -1.54. The van der Waals surface area contributed by atoms with Crippen molar-refractivity contribution in [2.24, 2.45) is 0 Å². The summed E-state index contributed by atoms with van der Waals surface area (Å²) in [5, 5.41) is 6.15. The summed E-state index contributed by atoms with van der Waals surface area (Å²) in [6, 6.07) is 13.3. The molecule has 1 aliphatic heterocycles. The van der Waals surface area contributed by atoms with Gasteiger partial charge in [0, 0.05) is 11.4 Å². The SMILES string of the molecule is COc1ccc([C@H]2CCCCN2)c2ccccc12. The van der Waals surface area contributed by atoms with Crippen molar-refractivity contribution in [1.82, 2.24) is 5.32 Å². The minimum Gasteiger partial charge on any atom is -0.496 e. The third kappa shape index (κ3) is 1.97. The van der Waals surface area contributed by atoms with Crippen LogP contribution in [0, 0.1) is 0 Å². The van der Waals surface area contributed by atoms with Crippen molar-refractivity contribution in [3.8, 4) is 5.75 Å². The Bertz CT molecular complexity index is 544. The Balaban J connectivity index is 2.12. The molecule has 1 aliphatic rings. The van der Waals surface area contributed by atoms with Crippen LogP contribution in [0.15, 0.2) is 36.4 Å². The molecule has 0 aromatic heterocycles. The van der Waals surface area contributed by atoms with Gasteiger partial charge in [0.25, 0.3) is 0 Å². The van der Waals surface area contributed by atoms with Gasteiger partial charge in [0.05, 0.1) is 7.11 Å². The van der Waals surface area contributed by atoms with Crippen molar-refractivity contribution in [2.45, 2.75) is 25.3 Å². The average Bonchev–Trinajstić information content (AvgIpc) is 2.47. The lowest BCUT2D eigenvalue weighted by Gasteiger charge is -2.25. The second-order valence-electron chi connectivity index (χ2n) is 4.91. The zero-order valence-corrected chi connectivity index (χ0v) is 10.8. The number of fused-ring (bicyclic) bond motifs is 1. The molecule has 1 saturated heterocycles. The Morgan fingerprint density at radius 2 is 1.89 bits per heavy atom. The molecule has 0 aliphatic carbocycles. The van der Waals surface area contributed by atoms with E-state index in [1.807, 2.05) is 0 Å². The molecule has 18 heavy (non-hydrogen) atoms. The molecule has 0 amide bonds. The van der Waals surface area contributed by atoms with Gasteiger partial charge in [-0.25, -0.2) is 0 Å². The molecule has 1 heterocycles. The molecule has 2 aromatic rings. The smallest absolute Gasteiger partial charge is 0.126 e. The zero-order valence-electron chi connectivity index (χ0n) is 10.8. The first kappa shape index (κ1) is 11.5. The number of nitrogens with one attached hydrogen (secondary N) is 1. The lowest BCUT2D eigenvalue weighted by molar-refractivity contribution is 0.410. The number of methoxy groups -OCH3 is 1. The number of benzene rings is 2. The van der Waals surface area contributed by atoms with Crippen molar-refractivity contribution in [3.63, 3.8) is 0 Å². The van der Waals surface area contributed by atoms with Gasteiger partial charge in [-0.1, -0.05) is 36.8 Å². The summed E-state index contributed by atoms with van der Waals surface area (Å²) in [5.41, 5.74) is 1.41. The Kier molecular flexibility index (Phi) is 3.20. The van der Waals surface area contributed by atoms with Crippen LogP contribution in [0.25, 0.3) is 10.8 Å². The standard InChI is InChI=1S/C16H19NO/c1-18-16-10-9-13(15-8-4-5-11-17-15)12-6-2-3-7-14(12)16/h2-3,6-7,9-10,15,17H,4-5,8,11H2,1H3/t15-/m1/s1. The van der Waals surface area contributed by atoms with Crippen molar-refractivity contribution in [1.29, 1.82) is 0 Å². The van der Waals surface area contributed by atoms with Crippen LogP contribution in [0.1, 0.15) is 30.9 Å². The van der Waals surface area contributed by atoms with Crippen LogP contribution in [0.5, 0.6) is 5.75 Å². The number of hydrogen-bond acceptors (Lipinski definition) is 2. The van der Waals surface area contributed by atoms with Gasteiger partial charge in [0.2, 0.25) is 0 Å². The van der Waals surface area contributed by atoms with Gasteiger partial charge in [-0.15, -0.1) is 0 Å². The summed E-state index contributed by atoms with van der Waals surface area (Å²) in [4.78, 5) is 0. The summed E-state index contributed by atoms with van der Waals surface area (Å²) in [5.74, 6) is 0.963. The van der Waals surface area contributed by atoms with E-state index in [9.17, 15) is 0 Å². The zero-order chi connectivity index (χ0) is 12.4. The van der Waals surface area contributed by atoms with Gasteiger partial charge in [-0.2, -0.15) is 0 Å². The maximum Gasteiger partial charge on any atom is 0.126 e. The molecular formula is C16H19NO. The fraction of sp³-hybridized carbons (Fsp3) is 0.375. The van der Waals surface area contributed by atoms with Crippen LogP contribution in [0.4, 0.5) is 0 Å². The van der Waals surface area contributed by atoms with Gasteiger partial charge in [0.15, 0.2) is 0 Å². The molecule has 1 atom stereocenters. The summed E-state index contributed by atoms with van der Waals surface area (Å²) in [6.07, 6.45) is 3.85. The highest BCUT2D eigenvalue weighted by Crippen LogP contribution is 2.34. The summed E-state index contributed by atoms with van der Waals surface area (Å²) in [7, 11) is 1.74. The average molecular weight is 241 g/mol. The molecule has 0 bridgehead atoms. The van der Waals surface area contributed by atoms with Crippen LogP contribution in [-0.4, -0.2) is 13.7 Å². The number of rotatable bonds is 2. The largest absolute Gasteiger partial charge is 0.496 e. The van der Waals surface area contributed by atoms with Gasteiger partial charge >= 0.3 is 0 Å².